The van der Waals surface area contributed by atoms with Gasteiger partial charge in [0.15, 0.2) is 0 Å². The Morgan fingerprint density at radius 3 is 2.89 bits per heavy atom. The number of rotatable bonds is 4. The molecule has 1 heterocycles. The van der Waals surface area contributed by atoms with Crippen LogP contribution in [0.4, 0.5) is 4.39 Å². The molecule has 1 aromatic rings. The summed E-state index contributed by atoms with van der Waals surface area (Å²) in [6.07, 6.45) is 3.46. The van der Waals surface area contributed by atoms with Gasteiger partial charge in [-0.1, -0.05) is 26.0 Å². The van der Waals surface area contributed by atoms with E-state index in [9.17, 15) is 4.39 Å². The average Bonchev–Trinajstić information content (AvgIpc) is 2.35. The molecule has 1 atom stereocenters. The van der Waals surface area contributed by atoms with Gasteiger partial charge in [0.05, 0.1) is 0 Å². The Labute approximate surface area is 115 Å². The minimum Gasteiger partial charge on any atom is -0.324 e. The maximum atomic E-state index is 13.2. The molecule has 0 radical (unpaired) electrons. The molecule has 2 rings (SSSR count). The first-order valence-corrected chi connectivity index (χ1v) is 7.20. The van der Waals surface area contributed by atoms with E-state index in [1.807, 2.05) is 6.07 Å². The molecule has 2 nitrogen and oxygen atoms in total. The van der Waals surface area contributed by atoms with Crippen LogP contribution in [0.1, 0.15) is 44.7 Å². The molecule has 2 N–H and O–H groups in total. The first-order chi connectivity index (χ1) is 8.96. The van der Waals surface area contributed by atoms with Crippen LogP contribution in [0.15, 0.2) is 24.3 Å². The molecule has 0 aliphatic carbocycles. The summed E-state index contributed by atoms with van der Waals surface area (Å²) in [5.74, 6) is -0.202. The van der Waals surface area contributed by atoms with Gasteiger partial charge in [0, 0.05) is 12.6 Å². The summed E-state index contributed by atoms with van der Waals surface area (Å²) in [5.41, 5.74) is 7.47. The highest BCUT2D eigenvalue weighted by molar-refractivity contribution is 5.19. The van der Waals surface area contributed by atoms with Gasteiger partial charge in [-0.3, -0.25) is 0 Å². The third-order valence-corrected chi connectivity index (χ3v) is 4.01. The van der Waals surface area contributed by atoms with Gasteiger partial charge in [-0.05, 0) is 55.5 Å². The Morgan fingerprint density at radius 1 is 1.42 bits per heavy atom. The lowest BCUT2D eigenvalue weighted by atomic mass is 9.84. The topological polar surface area (TPSA) is 29.3 Å². The smallest absolute Gasteiger partial charge is 0.123 e. The van der Waals surface area contributed by atoms with Gasteiger partial charge in [0.2, 0.25) is 0 Å². The number of nitrogens with zero attached hydrogens (tertiary/aromatic N) is 1. The molecule has 0 spiro atoms. The molecule has 1 saturated heterocycles. The molecule has 1 aliphatic heterocycles. The second-order valence-electron chi connectivity index (χ2n) is 6.49. The summed E-state index contributed by atoms with van der Waals surface area (Å²) >= 11 is 0. The predicted octanol–water partition coefficient (Wildman–Crippen LogP) is 3.34. The van der Waals surface area contributed by atoms with Crippen molar-refractivity contribution in [2.24, 2.45) is 11.1 Å². The summed E-state index contributed by atoms with van der Waals surface area (Å²) in [6.45, 7) is 7.96. The summed E-state index contributed by atoms with van der Waals surface area (Å²) < 4.78 is 13.2. The zero-order valence-corrected chi connectivity index (χ0v) is 12.0. The molecule has 0 bridgehead atoms. The average molecular weight is 264 g/mol. The normalized spacial score (nSPS) is 21.3. The van der Waals surface area contributed by atoms with Crippen LogP contribution in [-0.2, 0) is 0 Å². The van der Waals surface area contributed by atoms with Crippen molar-refractivity contribution in [2.75, 3.05) is 19.6 Å². The fourth-order valence-corrected chi connectivity index (χ4v) is 2.96. The molecule has 0 aromatic heterocycles. The van der Waals surface area contributed by atoms with Crippen molar-refractivity contribution in [3.8, 4) is 0 Å². The van der Waals surface area contributed by atoms with Crippen molar-refractivity contribution in [2.45, 2.75) is 39.2 Å². The quantitative estimate of drug-likeness (QED) is 0.903. The lowest BCUT2D eigenvalue weighted by Gasteiger charge is -2.38. The number of nitrogens with two attached hydrogens (primary N) is 1. The van der Waals surface area contributed by atoms with E-state index in [1.165, 1.54) is 25.5 Å². The van der Waals surface area contributed by atoms with Gasteiger partial charge in [0.25, 0.3) is 0 Å². The Balaban J connectivity index is 1.85. The maximum Gasteiger partial charge on any atom is 0.123 e. The molecular formula is C16H25FN2. The zero-order chi connectivity index (χ0) is 13.9. The highest BCUT2D eigenvalue weighted by Gasteiger charge is 2.26. The van der Waals surface area contributed by atoms with E-state index in [0.717, 1.165) is 25.1 Å². The highest BCUT2D eigenvalue weighted by atomic mass is 19.1. The monoisotopic (exact) mass is 264 g/mol. The maximum absolute atomic E-state index is 13.2. The first kappa shape index (κ1) is 14.5. The molecule has 0 saturated carbocycles. The lowest BCUT2D eigenvalue weighted by Crippen LogP contribution is -2.41. The zero-order valence-electron chi connectivity index (χ0n) is 12.0. The number of hydrogen-bond acceptors (Lipinski definition) is 2. The number of halogens is 1. The van der Waals surface area contributed by atoms with Gasteiger partial charge in [-0.15, -0.1) is 0 Å². The Bertz CT molecular complexity index is 417. The SMILES string of the molecule is CC1(C)CCCN(CCC(N)c2cccc(F)c2)C1. The van der Waals surface area contributed by atoms with Gasteiger partial charge >= 0.3 is 0 Å². The Hall–Kier alpha value is -0.930. The Morgan fingerprint density at radius 2 is 2.21 bits per heavy atom. The van der Waals surface area contributed by atoms with E-state index in [1.54, 1.807) is 12.1 Å². The molecule has 1 unspecified atom stereocenters. The van der Waals surface area contributed by atoms with Gasteiger partial charge in [-0.2, -0.15) is 0 Å². The van der Waals surface area contributed by atoms with Crippen molar-refractivity contribution in [1.82, 2.24) is 4.90 Å². The minimum atomic E-state index is -0.202. The molecule has 106 valence electrons. The first-order valence-electron chi connectivity index (χ1n) is 7.20. The fraction of sp³-hybridized carbons (Fsp3) is 0.625. The van der Waals surface area contributed by atoms with Crippen LogP contribution >= 0.6 is 0 Å². The van der Waals surface area contributed by atoms with Crippen molar-refractivity contribution < 1.29 is 4.39 Å². The van der Waals surface area contributed by atoms with Crippen LogP contribution in [0.3, 0.4) is 0 Å². The van der Waals surface area contributed by atoms with Crippen molar-refractivity contribution in [3.05, 3.63) is 35.6 Å². The van der Waals surface area contributed by atoms with E-state index in [4.69, 9.17) is 5.73 Å². The summed E-state index contributed by atoms with van der Waals surface area (Å²) in [5, 5.41) is 0. The molecule has 19 heavy (non-hydrogen) atoms. The van der Waals surface area contributed by atoms with Crippen LogP contribution in [-0.4, -0.2) is 24.5 Å². The molecule has 1 fully saturated rings. The van der Waals surface area contributed by atoms with Crippen LogP contribution in [0.25, 0.3) is 0 Å². The van der Waals surface area contributed by atoms with Crippen LogP contribution in [0.5, 0.6) is 0 Å². The van der Waals surface area contributed by atoms with Crippen LogP contribution in [0, 0.1) is 11.2 Å². The van der Waals surface area contributed by atoms with Crippen molar-refractivity contribution >= 4 is 0 Å². The summed E-state index contributed by atoms with van der Waals surface area (Å²) in [6, 6.07) is 6.58. The minimum absolute atomic E-state index is 0.0688. The van der Waals surface area contributed by atoms with Gasteiger partial charge < -0.3 is 10.6 Å². The Kier molecular flexibility index (Phi) is 4.58. The van der Waals surface area contributed by atoms with Crippen LogP contribution < -0.4 is 5.73 Å². The standard InChI is InChI=1S/C16H25FN2/c1-16(2)8-4-9-19(12-16)10-7-15(18)13-5-3-6-14(17)11-13/h3,5-6,11,15H,4,7-10,12,18H2,1-2H3. The molecule has 1 aromatic carbocycles. The summed E-state index contributed by atoms with van der Waals surface area (Å²) in [4.78, 5) is 2.49. The predicted molar refractivity (Wildman–Crippen MR) is 77.4 cm³/mol. The van der Waals surface area contributed by atoms with E-state index >= 15 is 0 Å². The number of benzene rings is 1. The highest BCUT2D eigenvalue weighted by Crippen LogP contribution is 2.28. The third kappa shape index (κ3) is 4.29. The second kappa shape index (κ2) is 6.02. The molecule has 1 aliphatic rings. The van der Waals surface area contributed by atoms with E-state index < -0.39 is 0 Å². The fourth-order valence-electron chi connectivity index (χ4n) is 2.96. The second-order valence-corrected chi connectivity index (χ2v) is 6.49. The van der Waals surface area contributed by atoms with Crippen LogP contribution in [0.2, 0.25) is 0 Å². The summed E-state index contributed by atoms with van der Waals surface area (Å²) in [7, 11) is 0. The third-order valence-electron chi connectivity index (χ3n) is 4.01. The van der Waals surface area contributed by atoms with E-state index in [2.05, 4.69) is 18.7 Å². The van der Waals surface area contributed by atoms with Crippen molar-refractivity contribution in [1.29, 1.82) is 0 Å². The number of likely N-dealkylation sites (tertiary alicyclic amines) is 1. The molecule has 3 heteroatoms. The number of hydrogen-bond donors (Lipinski definition) is 1. The largest absolute Gasteiger partial charge is 0.324 e. The van der Waals surface area contributed by atoms with Gasteiger partial charge in [0.1, 0.15) is 5.82 Å². The van der Waals surface area contributed by atoms with E-state index in [-0.39, 0.29) is 11.9 Å². The molecular weight excluding hydrogens is 239 g/mol. The van der Waals surface area contributed by atoms with Gasteiger partial charge in [-0.25, -0.2) is 4.39 Å². The number of piperidine rings is 1. The lowest BCUT2D eigenvalue weighted by molar-refractivity contribution is 0.115. The molecule has 0 amide bonds. The van der Waals surface area contributed by atoms with E-state index in [0.29, 0.717) is 5.41 Å². The van der Waals surface area contributed by atoms with Crippen molar-refractivity contribution in [3.63, 3.8) is 0 Å².